The fourth-order valence-electron chi connectivity index (χ4n) is 2.57. The lowest BCUT2D eigenvalue weighted by Crippen LogP contribution is -2.51. The number of hydrogen-bond donors (Lipinski definition) is 2. The van der Waals surface area contributed by atoms with E-state index in [2.05, 4.69) is 10.3 Å². The molecule has 0 radical (unpaired) electrons. The third kappa shape index (κ3) is 2.49. The summed E-state index contributed by atoms with van der Waals surface area (Å²) >= 11 is 0. The predicted octanol–water partition coefficient (Wildman–Crippen LogP) is 2.47. The molecule has 0 bridgehead atoms. The lowest BCUT2D eigenvalue weighted by atomic mass is 9.94. The Morgan fingerprint density at radius 1 is 1.42 bits per heavy atom. The molecule has 1 atom stereocenters. The first-order valence-corrected chi connectivity index (χ1v) is 6.64. The van der Waals surface area contributed by atoms with Gasteiger partial charge in [0.15, 0.2) is 0 Å². The molecule has 1 fully saturated rings. The van der Waals surface area contributed by atoms with Crippen LogP contribution in [-0.2, 0) is 4.74 Å². The van der Waals surface area contributed by atoms with E-state index < -0.39 is 0 Å². The highest BCUT2D eigenvalue weighted by atomic mass is 16.5. The zero-order valence-electron chi connectivity index (χ0n) is 11.0. The third-order valence-corrected chi connectivity index (χ3v) is 3.67. The number of hydrogen-bond acceptors (Lipinski definition) is 2. The number of nitrogens with one attached hydrogen (secondary N) is 2. The third-order valence-electron chi connectivity index (χ3n) is 3.67. The Labute approximate surface area is 112 Å². The summed E-state index contributed by atoms with van der Waals surface area (Å²) in [7, 11) is 0. The largest absolute Gasteiger partial charge is 0.379 e. The van der Waals surface area contributed by atoms with Crippen molar-refractivity contribution in [2.24, 2.45) is 0 Å². The number of benzene rings is 1. The highest BCUT2D eigenvalue weighted by Crippen LogP contribution is 2.20. The van der Waals surface area contributed by atoms with Crippen molar-refractivity contribution in [3.8, 4) is 0 Å². The molecular weight excluding hydrogens is 240 g/mol. The monoisotopic (exact) mass is 258 g/mol. The van der Waals surface area contributed by atoms with Crippen molar-refractivity contribution >= 4 is 16.8 Å². The maximum absolute atomic E-state index is 12.3. The van der Waals surface area contributed by atoms with Crippen molar-refractivity contribution in [2.45, 2.75) is 25.3 Å². The lowest BCUT2D eigenvalue weighted by Gasteiger charge is -2.34. The van der Waals surface area contributed by atoms with Crippen molar-refractivity contribution in [2.75, 3.05) is 13.2 Å². The molecule has 19 heavy (non-hydrogen) atoms. The summed E-state index contributed by atoms with van der Waals surface area (Å²) in [6.07, 6.45) is 3.83. The molecule has 1 saturated heterocycles. The number of H-pyrrole nitrogens is 1. The number of fused-ring (bicyclic) bond motifs is 1. The van der Waals surface area contributed by atoms with Gasteiger partial charge in [-0.3, -0.25) is 4.79 Å². The van der Waals surface area contributed by atoms with Crippen LogP contribution in [0.4, 0.5) is 0 Å². The Bertz CT molecular complexity index is 597. The normalized spacial score (nSPS) is 23.4. The fraction of sp³-hybridized carbons (Fsp3) is 0.400. The van der Waals surface area contributed by atoms with Gasteiger partial charge in [-0.15, -0.1) is 0 Å². The molecule has 1 aromatic heterocycles. The Balaban J connectivity index is 1.79. The summed E-state index contributed by atoms with van der Waals surface area (Å²) < 4.78 is 5.46. The Morgan fingerprint density at radius 3 is 3.11 bits per heavy atom. The van der Waals surface area contributed by atoms with Crippen LogP contribution in [0.5, 0.6) is 0 Å². The summed E-state index contributed by atoms with van der Waals surface area (Å²) in [4.78, 5) is 15.4. The summed E-state index contributed by atoms with van der Waals surface area (Å²) in [5.41, 5.74) is 1.42. The molecule has 100 valence electrons. The molecule has 1 aliphatic rings. The van der Waals surface area contributed by atoms with E-state index in [4.69, 9.17) is 4.74 Å². The van der Waals surface area contributed by atoms with Gasteiger partial charge in [-0.05, 0) is 43.4 Å². The molecule has 4 heteroatoms. The molecule has 0 aliphatic carbocycles. The van der Waals surface area contributed by atoms with Crippen LogP contribution in [0.2, 0.25) is 0 Å². The van der Waals surface area contributed by atoms with Crippen molar-refractivity contribution < 1.29 is 9.53 Å². The van der Waals surface area contributed by atoms with Crippen LogP contribution in [-0.4, -0.2) is 29.6 Å². The molecule has 3 rings (SSSR count). The fourth-order valence-corrected chi connectivity index (χ4v) is 2.57. The first kappa shape index (κ1) is 12.2. The van der Waals surface area contributed by atoms with Crippen molar-refractivity contribution in [1.29, 1.82) is 0 Å². The molecule has 1 aromatic carbocycles. The number of rotatable bonds is 2. The molecule has 1 unspecified atom stereocenters. The Kier molecular flexibility index (Phi) is 3.03. The number of carbonyl (C=O) groups excluding carboxylic acids is 1. The van der Waals surface area contributed by atoms with Crippen molar-refractivity contribution in [3.05, 3.63) is 36.0 Å². The second-order valence-corrected chi connectivity index (χ2v) is 5.45. The van der Waals surface area contributed by atoms with Crippen molar-refractivity contribution in [1.82, 2.24) is 10.3 Å². The molecule has 2 N–H and O–H groups in total. The van der Waals surface area contributed by atoms with Gasteiger partial charge in [0.2, 0.25) is 0 Å². The number of aromatic nitrogens is 1. The van der Waals surface area contributed by atoms with Gasteiger partial charge in [0.1, 0.15) is 0 Å². The molecule has 2 aromatic rings. The average Bonchev–Trinajstić information content (AvgIpc) is 2.86. The average molecular weight is 258 g/mol. The standard InChI is InChI=1S/C15H18N2O2/c1-15(6-2-8-19-10-15)17-14(18)12-4-3-11-5-7-16-13(11)9-12/h3-5,7,9,16H,2,6,8,10H2,1H3,(H,17,18). The van der Waals surface area contributed by atoms with E-state index in [-0.39, 0.29) is 11.4 Å². The van der Waals surface area contributed by atoms with Gasteiger partial charge < -0.3 is 15.0 Å². The van der Waals surface area contributed by atoms with E-state index in [0.29, 0.717) is 12.2 Å². The van der Waals surface area contributed by atoms with E-state index in [9.17, 15) is 4.79 Å². The Hall–Kier alpha value is -1.81. The maximum atomic E-state index is 12.3. The van der Waals surface area contributed by atoms with Gasteiger partial charge in [0, 0.05) is 23.9 Å². The summed E-state index contributed by atoms with van der Waals surface area (Å²) in [5, 5.41) is 4.21. The number of aromatic amines is 1. The van der Waals surface area contributed by atoms with Gasteiger partial charge in [0.25, 0.3) is 5.91 Å². The van der Waals surface area contributed by atoms with E-state index in [0.717, 1.165) is 30.4 Å². The van der Waals surface area contributed by atoms with Gasteiger partial charge in [-0.25, -0.2) is 0 Å². The topological polar surface area (TPSA) is 54.1 Å². The van der Waals surface area contributed by atoms with Crippen LogP contribution < -0.4 is 5.32 Å². The summed E-state index contributed by atoms with van der Waals surface area (Å²) in [6, 6.07) is 7.70. The molecule has 0 spiro atoms. The zero-order chi connectivity index (χ0) is 13.3. The first-order valence-electron chi connectivity index (χ1n) is 6.64. The van der Waals surface area contributed by atoms with Gasteiger partial charge >= 0.3 is 0 Å². The predicted molar refractivity (Wildman–Crippen MR) is 74.2 cm³/mol. The second kappa shape index (κ2) is 4.70. The van der Waals surface area contributed by atoms with Crippen LogP contribution in [0.25, 0.3) is 10.9 Å². The van der Waals surface area contributed by atoms with E-state index in [1.165, 1.54) is 0 Å². The van der Waals surface area contributed by atoms with Crippen LogP contribution in [0.1, 0.15) is 30.1 Å². The molecule has 1 amide bonds. The lowest BCUT2D eigenvalue weighted by molar-refractivity contribution is 0.0272. The maximum Gasteiger partial charge on any atom is 0.251 e. The summed E-state index contributed by atoms with van der Waals surface area (Å²) in [5.74, 6) is -0.0375. The Morgan fingerprint density at radius 2 is 2.32 bits per heavy atom. The summed E-state index contributed by atoms with van der Waals surface area (Å²) in [6.45, 7) is 3.42. The zero-order valence-corrected chi connectivity index (χ0v) is 11.0. The van der Waals surface area contributed by atoms with E-state index >= 15 is 0 Å². The molecule has 0 saturated carbocycles. The minimum atomic E-state index is -0.250. The SMILES string of the molecule is CC1(NC(=O)c2ccc3cc[nH]c3c2)CCCOC1. The van der Waals surface area contributed by atoms with Crippen LogP contribution in [0.3, 0.4) is 0 Å². The smallest absolute Gasteiger partial charge is 0.251 e. The van der Waals surface area contributed by atoms with Crippen molar-refractivity contribution in [3.63, 3.8) is 0 Å². The first-order chi connectivity index (χ1) is 9.16. The number of amides is 1. The molecule has 2 heterocycles. The minimum Gasteiger partial charge on any atom is -0.379 e. The minimum absolute atomic E-state index is 0.0375. The van der Waals surface area contributed by atoms with Gasteiger partial charge in [0.05, 0.1) is 12.1 Å². The number of carbonyl (C=O) groups is 1. The molecule has 1 aliphatic heterocycles. The molecule has 4 nitrogen and oxygen atoms in total. The van der Waals surface area contributed by atoms with E-state index in [1.54, 1.807) is 0 Å². The second-order valence-electron chi connectivity index (χ2n) is 5.45. The van der Waals surface area contributed by atoms with Crippen LogP contribution >= 0.6 is 0 Å². The number of ether oxygens (including phenoxy) is 1. The molecular formula is C15H18N2O2. The van der Waals surface area contributed by atoms with Gasteiger partial charge in [-0.1, -0.05) is 6.07 Å². The van der Waals surface area contributed by atoms with Crippen LogP contribution in [0.15, 0.2) is 30.5 Å². The van der Waals surface area contributed by atoms with Crippen LogP contribution in [0, 0.1) is 0 Å². The quantitative estimate of drug-likeness (QED) is 0.869. The van der Waals surface area contributed by atoms with Gasteiger partial charge in [-0.2, -0.15) is 0 Å². The highest BCUT2D eigenvalue weighted by molar-refractivity contribution is 5.98. The van der Waals surface area contributed by atoms with E-state index in [1.807, 2.05) is 37.4 Å². The highest BCUT2D eigenvalue weighted by Gasteiger charge is 2.29.